The molecule has 19 heavy (non-hydrogen) atoms. The van der Waals surface area contributed by atoms with Gasteiger partial charge in [-0.2, -0.15) is 5.26 Å². The van der Waals surface area contributed by atoms with E-state index in [1.54, 1.807) is 12.1 Å². The van der Waals surface area contributed by atoms with E-state index in [-0.39, 0.29) is 0 Å². The molecule has 96 valence electrons. The first kappa shape index (κ1) is 13.7. The van der Waals surface area contributed by atoms with Crippen molar-refractivity contribution in [3.8, 4) is 6.07 Å². The third-order valence-electron chi connectivity index (χ3n) is 2.74. The summed E-state index contributed by atoms with van der Waals surface area (Å²) in [5.41, 5.74) is 9.26. The summed E-state index contributed by atoms with van der Waals surface area (Å²) in [5.74, 6) is 0. The van der Waals surface area contributed by atoms with Crippen molar-refractivity contribution >= 4 is 44.6 Å². The number of halogens is 2. The Morgan fingerprint density at radius 1 is 1.32 bits per heavy atom. The lowest BCUT2D eigenvalue weighted by molar-refractivity contribution is 1.42. The Hall–Kier alpha value is -1.70. The number of nitrogens with two attached hydrogens (primary N) is 1. The summed E-state index contributed by atoms with van der Waals surface area (Å²) in [4.78, 5) is 0. The molecule has 0 amide bonds. The summed E-state index contributed by atoms with van der Waals surface area (Å²) in [6.07, 6.45) is 0. The number of anilines is 3. The predicted octanol–water partition coefficient (Wildman–Crippen LogP) is 4.61. The Bertz CT molecular complexity index is 677. The molecular weight excluding hydrogens is 326 g/mol. The summed E-state index contributed by atoms with van der Waals surface area (Å²) < 4.78 is 0.885. The maximum Gasteiger partial charge on any atom is 0.101 e. The zero-order valence-corrected chi connectivity index (χ0v) is 12.5. The second-order valence-corrected chi connectivity index (χ2v) is 5.35. The smallest absolute Gasteiger partial charge is 0.101 e. The van der Waals surface area contributed by atoms with Crippen molar-refractivity contribution in [1.29, 1.82) is 5.26 Å². The van der Waals surface area contributed by atoms with Crippen molar-refractivity contribution < 1.29 is 0 Å². The Labute approximate surface area is 125 Å². The van der Waals surface area contributed by atoms with Crippen molar-refractivity contribution in [2.45, 2.75) is 6.92 Å². The number of nitriles is 1. The molecule has 3 N–H and O–H groups in total. The van der Waals surface area contributed by atoms with E-state index in [0.717, 1.165) is 15.7 Å². The van der Waals surface area contributed by atoms with Crippen LogP contribution in [-0.2, 0) is 0 Å². The number of aryl methyl sites for hydroxylation is 1. The molecule has 0 saturated carbocycles. The Kier molecular flexibility index (Phi) is 3.98. The molecule has 0 unspecified atom stereocenters. The third kappa shape index (κ3) is 2.83. The molecule has 0 aliphatic rings. The maximum absolute atomic E-state index is 8.96. The fourth-order valence-corrected chi connectivity index (χ4v) is 2.38. The fourth-order valence-electron chi connectivity index (χ4n) is 1.66. The van der Waals surface area contributed by atoms with E-state index < -0.39 is 0 Å². The van der Waals surface area contributed by atoms with Crippen LogP contribution in [0.15, 0.2) is 34.8 Å². The number of benzene rings is 2. The van der Waals surface area contributed by atoms with Gasteiger partial charge in [0.15, 0.2) is 0 Å². The summed E-state index contributed by atoms with van der Waals surface area (Å²) in [6.45, 7) is 1.93. The average Bonchev–Trinajstić information content (AvgIpc) is 2.38. The van der Waals surface area contributed by atoms with Crippen molar-refractivity contribution in [2.75, 3.05) is 11.1 Å². The standard InChI is InChI=1S/C14H11BrClN3/c1-8-5-10(15)13(6-11(8)16)19-12-4-2-3-9(7-17)14(12)18/h2-6,19H,18H2,1H3. The molecule has 3 nitrogen and oxygen atoms in total. The molecule has 0 heterocycles. The minimum atomic E-state index is 0.425. The highest BCUT2D eigenvalue weighted by molar-refractivity contribution is 9.10. The van der Waals surface area contributed by atoms with Gasteiger partial charge in [0, 0.05) is 9.50 Å². The van der Waals surface area contributed by atoms with Gasteiger partial charge in [-0.25, -0.2) is 0 Å². The quantitative estimate of drug-likeness (QED) is 0.787. The van der Waals surface area contributed by atoms with Gasteiger partial charge in [0.25, 0.3) is 0 Å². The molecule has 0 spiro atoms. The molecule has 0 aromatic heterocycles. The molecule has 0 saturated heterocycles. The molecule has 2 aromatic carbocycles. The van der Waals surface area contributed by atoms with E-state index in [4.69, 9.17) is 22.6 Å². The van der Waals surface area contributed by atoms with Crippen LogP contribution in [0, 0.1) is 18.3 Å². The van der Waals surface area contributed by atoms with Crippen molar-refractivity contribution in [1.82, 2.24) is 0 Å². The van der Waals surface area contributed by atoms with E-state index in [2.05, 4.69) is 27.3 Å². The van der Waals surface area contributed by atoms with Gasteiger partial charge in [-0.1, -0.05) is 17.7 Å². The summed E-state index contributed by atoms with van der Waals surface area (Å²) in [7, 11) is 0. The van der Waals surface area contributed by atoms with Crippen LogP contribution in [0.25, 0.3) is 0 Å². The summed E-state index contributed by atoms with van der Waals surface area (Å²) >= 11 is 9.58. The van der Waals surface area contributed by atoms with Gasteiger partial charge in [-0.05, 0) is 52.7 Å². The minimum absolute atomic E-state index is 0.425. The van der Waals surface area contributed by atoms with Gasteiger partial charge < -0.3 is 11.1 Å². The number of rotatable bonds is 2. The van der Waals surface area contributed by atoms with Crippen LogP contribution < -0.4 is 11.1 Å². The van der Waals surface area contributed by atoms with Crippen molar-refractivity contribution in [3.63, 3.8) is 0 Å². The van der Waals surface area contributed by atoms with Gasteiger partial charge in [-0.3, -0.25) is 0 Å². The molecule has 0 bridgehead atoms. The number of para-hydroxylation sites is 1. The van der Waals surface area contributed by atoms with Gasteiger partial charge in [0.2, 0.25) is 0 Å². The Morgan fingerprint density at radius 2 is 2.05 bits per heavy atom. The minimum Gasteiger partial charge on any atom is -0.396 e. The molecule has 0 aliphatic heterocycles. The lowest BCUT2D eigenvalue weighted by Gasteiger charge is -2.13. The zero-order chi connectivity index (χ0) is 14.0. The predicted molar refractivity (Wildman–Crippen MR) is 82.7 cm³/mol. The largest absolute Gasteiger partial charge is 0.396 e. The normalized spacial score (nSPS) is 10.0. The molecule has 2 rings (SSSR count). The zero-order valence-electron chi connectivity index (χ0n) is 10.2. The molecule has 0 aliphatic carbocycles. The fraction of sp³-hybridized carbons (Fsp3) is 0.0714. The highest BCUT2D eigenvalue weighted by atomic mass is 79.9. The van der Waals surface area contributed by atoms with Gasteiger partial charge >= 0.3 is 0 Å². The van der Waals surface area contributed by atoms with Crippen LogP contribution in [0.2, 0.25) is 5.02 Å². The van der Waals surface area contributed by atoms with Crippen LogP contribution in [0.4, 0.5) is 17.1 Å². The summed E-state index contributed by atoms with van der Waals surface area (Å²) in [6, 6.07) is 11.1. The first-order chi connectivity index (χ1) is 9.02. The molecule has 0 fully saturated rings. The SMILES string of the molecule is Cc1cc(Br)c(Nc2cccc(C#N)c2N)cc1Cl. The van der Waals surface area contributed by atoms with E-state index in [0.29, 0.717) is 22.0 Å². The highest BCUT2D eigenvalue weighted by Crippen LogP contribution is 2.33. The monoisotopic (exact) mass is 335 g/mol. The van der Waals surface area contributed by atoms with Gasteiger partial charge in [-0.15, -0.1) is 0 Å². The van der Waals surface area contributed by atoms with E-state index in [1.165, 1.54) is 0 Å². The molecule has 0 atom stereocenters. The van der Waals surface area contributed by atoms with E-state index >= 15 is 0 Å². The number of nitrogens with one attached hydrogen (secondary N) is 1. The Morgan fingerprint density at radius 3 is 2.74 bits per heavy atom. The van der Waals surface area contributed by atoms with Crippen LogP contribution in [0.1, 0.15) is 11.1 Å². The second-order valence-electron chi connectivity index (χ2n) is 4.08. The molecule has 0 radical (unpaired) electrons. The average molecular weight is 337 g/mol. The maximum atomic E-state index is 8.96. The van der Waals surface area contributed by atoms with Crippen LogP contribution in [0.5, 0.6) is 0 Å². The number of hydrogen-bond acceptors (Lipinski definition) is 3. The van der Waals surface area contributed by atoms with E-state index in [1.807, 2.05) is 25.1 Å². The number of hydrogen-bond donors (Lipinski definition) is 2. The lowest BCUT2D eigenvalue weighted by atomic mass is 10.1. The second kappa shape index (κ2) is 5.52. The van der Waals surface area contributed by atoms with Gasteiger partial charge in [0.05, 0.1) is 22.6 Å². The molecule has 2 aromatic rings. The van der Waals surface area contributed by atoms with Crippen LogP contribution in [0.3, 0.4) is 0 Å². The molecular formula is C14H11BrClN3. The van der Waals surface area contributed by atoms with Crippen molar-refractivity contribution in [3.05, 3.63) is 51.0 Å². The third-order valence-corrected chi connectivity index (χ3v) is 3.81. The molecule has 5 heteroatoms. The first-order valence-electron chi connectivity index (χ1n) is 5.54. The topological polar surface area (TPSA) is 61.8 Å². The lowest BCUT2D eigenvalue weighted by Crippen LogP contribution is -1.99. The summed E-state index contributed by atoms with van der Waals surface area (Å²) in [5, 5.41) is 12.8. The highest BCUT2D eigenvalue weighted by Gasteiger charge is 2.08. The first-order valence-corrected chi connectivity index (χ1v) is 6.71. The van der Waals surface area contributed by atoms with Crippen molar-refractivity contribution in [2.24, 2.45) is 0 Å². The van der Waals surface area contributed by atoms with Gasteiger partial charge in [0.1, 0.15) is 6.07 Å². The number of nitrogen functional groups attached to an aromatic ring is 1. The van der Waals surface area contributed by atoms with E-state index in [9.17, 15) is 0 Å². The Balaban J connectivity index is 2.43. The number of nitrogens with zero attached hydrogens (tertiary/aromatic N) is 1. The van der Waals surface area contributed by atoms with Crippen LogP contribution in [-0.4, -0.2) is 0 Å². The van der Waals surface area contributed by atoms with Crippen LogP contribution >= 0.6 is 27.5 Å².